The van der Waals surface area contributed by atoms with Crippen LogP contribution in [0.3, 0.4) is 0 Å². The van der Waals surface area contributed by atoms with Gasteiger partial charge in [-0.15, -0.1) is 11.3 Å². The van der Waals surface area contributed by atoms with Gasteiger partial charge in [0.1, 0.15) is 9.77 Å². The summed E-state index contributed by atoms with van der Waals surface area (Å²) < 4.78 is 27.6. The van der Waals surface area contributed by atoms with Gasteiger partial charge in [0.15, 0.2) is 0 Å². The van der Waals surface area contributed by atoms with E-state index in [1.165, 1.54) is 21.7 Å². The Morgan fingerprint density at radius 2 is 1.67 bits per heavy atom. The van der Waals surface area contributed by atoms with Crippen LogP contribution in [0.25, 0.3) is 0 Å². The predicted octanol–water partition coefficient (Wildman–Crippen LogP) is 2.76. The zero-order valence-electron chi connectivity index (χ0n) is 18.5. The van der Waals surface area contributed by atoms with Crippen molar-refractivity contribution in [3.8, 4) is 0 Å². The second-order valence-electron chi connectivity index (χ2n) is 8.52. The predicted molar refractivity (Wildman–Crippen MR) is 129 cm³/mol. The number of carbonyl (C=O) groups is 2. The third-order valence-corrected chi connectivity index (χ3v) is 9.10. The molecule has 8 nitrogen and oxygen atoms in total. The highest BCUT2D eigenvalue weighted by Gasteiger charge is 2.32. The fourth-order valence-electron chi connectivity index (χ4n) is 4.32. The van der Waals surface area contributed by atoms with Crippen LogP contribution < -0.4 is 10.6 Å². The lowest BCUT2D eigenvalue weighted by atomic mass is 10.0. The van der Waals surface area contributed by atoms with Gasteiger partial charge in [-0.25, -0.2) is 8.42 Å². The maximum Gasteiger partial charge on any atom is 0.262 e. The molecule has 0 aliphatic carbocycles. The molecule has 3 heterocycles. The number of carbonyl (C=O) groups excluding carboxylic acids is 2. The zero-order chi connectivity index (χ0) is 23.3. The summed E-state index contributed by atoms with van der Waals surface area (Å²) in [6.07, 6.45) is 4.17. The van der Waals surface area contributed by atoms with Crippen molar-refractivity contribution in [2.45, 2.75) is 43.0 Å². The molecule has 0 spiro atoms. The average Bonchev–Trinajstić information content (AvgIpc) is 3.33. The third kappa shape index (κ3) is 6.00. The molecular weight excluding hydrogens is 460 g/mol. The van der Waals surface area contributed by atoms with Crippen molar-refractivity contribution >= 4 is 38.9 Å². The van der Waals surface area contributed by atoms with Crippen LogP contribution in [0.5, 0.6) is 0 Å². The number of hydrogen-bond donors (Lipinski definition) is 2. The quantitative estimate of drug-likeness (QED) is 0.622. The van der Waals surface area contributed by atoms with Gasteiger partial charge in [-0.2, -0.15) is 4.31 Å². The molecule has 0 unspecified atom stereocenters. The monoisotopic (exact) mass is 490 g/mol. The third-order valence-electron chi connectivity index (χ3n) is 6.12. The van der Waals surface area contributed by atoms with Crippen LogP contribution >= 0.6 is 11.3 Å². The number of para-hydroxylation sites is 1. The Kier molecular flexibility index (Phi) is 7.79. The Balaban J connectivity index is 1.28. The fourth-order valence-corrected chi connectivity index (χ4v) is 7.14. The number of piperidine rings is 2. The first-order valence-corrected chi connectivity index (χ1v) is 13.7. The van der Waals surface area contributed by atoms with E-state index in [-0.39, 0.29) is 27.6 Å². The van der Waals surface area contributed by atoms with Crippen molar-refractivity contribution in [2.75, 3.05) is 38.0 Å². The van der Waals surface area contributed by atoms with E-state index in [1.807, 2.05) is 30.3 Å². The van der Waals surface area contributed by atoms with Crippen LogP contribution in [-0.2, 0) is 14.8 Å². The number of amides is 2. The lowest BCUT2D eigenvalue weighted by Crippen LogP contribution is -2.46. The number of likely N-dealkylation sites (tertiary alicyclic amines) is 1. The van der Waals surface area contributed by atoms with Gasteiger partial charge in [-0.3, -0.25) is 14.5 Å². The molecule has 1 aromatic carbocycles. The first-order valence-electron chi connectivity index (χ1n) is 11.4. The highest BCUT2D eigenvalue weighted by atomic mass is 32.2. The molecule has 2 saturated heterocycles. The van der Waals surface area contributed by atoms with Gasteiger partial charge in [0.2, 0.25) is 15.9 Å². The molecule has 0 bridgehead atoms. The molecule has 2 fully saturated rings. The molecule has 33 heavy (non-hydrogen) atoms. The topological polar surface area (TPSA) is 98.8 Å². The number of nitrogens with zero attached hydrogens (tertiary/aromatic N) is 2. The van der Waals surface area contributed by atoms with Crippen molar-refractivity contribution in [3.05, 3.63) is 46.7 Å². The summed E-state index contributed by atoms with van der Waals surface area (Å²) in [5, 5.41) is 7.57. The lowest BCUT2D eigenvalue weighted by Gasteiger charge is -2.32. The number of anilines is 1. The van der Waals surface area contributed by atoms with Gasteiger partial charge < -0.3 is 10.6 Å². The number of hydrogen-bond acceptors (Lipinski definition) is 6. The molecule has 0 saturated carbocycles. The number of sulfonamides is 1. The van der Waals surface area contributed by atoms with Gasteiger partial charge in [-0.05, 0) is 49.3 Å². The van der Waals surface area contributed by atoms with Gasteiger partial charge in [0, 0.05) is 37.9 Å². The Bertz CT molecular complexity index is 1060. The van der Waals surface area contributed by atoms with Crippen molar-refractivity contribution < 1.29 is 18.0 Å². The molecule has 2 N–H and O–H groups in total. The maximum atomic E-state index is 13.1. The highest BCUT2D eigenvalue weighted by Crippen LogP contribution is 2.27. The summed E-state index contributed by atoms with van der Waals surface area (Å²) in [4.78, 5) is 27.6. The van der Waals surface area contributed by atoms with E-state index >= 15 is 0 Å². The molecule has 2 amide bonds. The molecule has 10 heteroatoms. The van der Waals surface area contributed by atoms with Crippen molar-refractivity contribution in [3.63, 3.8) is 0 Å². The SMILES string of the molecule is O=C(CN1CCC(NC(=O)c2sccc2S(=O)(=O)N2CCCCC2)CC1)Nc1ccccc1. The molecule has 0 atom stereocenters. The minimum Gasteiger partial charge on any atom is -0.348 e. The van der Waals surface area contributed by atoms with Gasteiger partial charge in [0.25, 0.3) is 5.91 Å². The fraction of sp³-hybridized carbons (Fsp3) is 0.478. The standard InChI is InChI=1S/C23H30N4O4S2/c28-21(24-18-7-3-1-4-8-18)17-26-14-9-19(10-15-26)25-23(29)22-20(11-16-32-22)33(30,31)27-12-5-2-6-13-27/h1,3-4,7-8,11,16,19H,2,5-6,9-10,12-15,17H2,(H,24,28)(H,25,29). The van der Waals surface area contributed by atoms with Gasteiger partial charge in [-0.1, -0.05) is 24.6 Å². The molecule has 178 valence electrons. The first-order chi connectivity index (χ1) is 15.9. The normalized spacial score (nSPS) is 18.7. The maximum absolute atomic E-state index is 13.1. The van der Waals surface area contributed by atoms with Gasteiger partial charge >= 0.3 is 0 Å². The number of rotatable bonds is 7. The molecule has 2 aliphatic rings. The average molecular weight is 491 g/mol. The highest BCUT2D eigenvalue weighted by molar-refractivity contribution is 7.89. The molecule has 1 aromatic heterocycles. The van der Waals surface area contributed by atoms with Crippen LogP contribution in [-0.4, -0.2) is 68.2 Å². The van der Waals surface area contributed by atoms with E-state index in [0.717, 1.165) is 24.9 Å². The Morgan fingerprint density at radius 3 is 2.36 bits per heavy atom. The summed E-state index contributed by atoms with van der Waals surface area (Å²) in [6.45, 7) is 2.71. The van der Waals surface area contributed by atoms with E-state index in [2.05, 4.69) is 15.5 Å². The largest absolute Gasteiger partial charge is 0.348 e. The Labute approximate surface area is 199 Å². The van der Waals surface area contributed by atoms with Crippen molar-refractivity contribution in [1.82, 2.24) is 14.5 Å². The second kappa shape index (κ2) is 10.8. The molecule has 4 rings (SSSR count). The molecule has 2 aromatic rings. The summed E-state index contributed by atoms with van der Waals surface area (Å²) in [5.74, 6) is -0.393. The summed E-state index contributed by atoms with van der Waals surface area (Å²) in [6, 6.07) is 10.8. The van der Waals surface area contributed by atoms with Crippen LogP contribution in [0.2, 0.25) is 0 Å². The van der Waals surface area contributed by atoms with Crippen molar-refractivity contribution in [1.29, 1.82) is 0 Å². The van der Waals surface area contributed by atoms with E-state index in [1.54, 1.807) is 5.38 Å². The van der Waals surface area contributed by atoms with Crippen LogP contribution in [0.1, 0.15) is 41.8 Å². The molecular formula is C23H30N4O4S2. The molecule has 0 radical (unpaired) electrons. The lowest BCUT2D eigenvalue weighted by molar-refractivity contribution is -0.117. The van der Waals surface area contributed by atoms with Crippen LogP contribution in [0.15, 0.2) is 46.7 Å². The molecule has 2 aliphatic heterocycles. The van der Waals surface area contributed by atoms with E-state index in [0.29, 0.717) is 45.6 Å². The number of thiophene rings is 1. The van der Waals surface area contributed by atoms with E-state index in [4.69, 9.17) is 0 Å². The second-order valence-corrected chi connectivity index (χ2v) is 11.3. The van der Waals surface area contributed by atoms with E-state index in [9.17, 15) is 18.0 Å². The summed E-state index contributed by atoms with van der Waals surface area (Å²) >= 11 is 1.17. The Hall–Kier alpha value is -2.27. The number of benzene rings is 1. The summed E-state index contributed by atoms with van der Waals surface area (Å²) in [5.41, 5.74) is 0.774. The minimum absolute atomic E-state index is 0.0430. The number of nitrogens with one attached hydrogen (secondary N) is 2. The van der Waals surface area contributed by atoms with Crippen LogP contribution in [0.4, 0.5) is 5.69 Å². The minimum atomic E-state index is -3.65. The first kappa shape index (κ1) is 23.9. The summed E-state index contributed by atoms with van der Waals surface area (Å²) in [7, 11) is -3.65. The Morgan fingerprint density at radius 1 is 0.970 bits per heavy atom. The zero-order valence-corrected chi connectivity index (χ0v) is 20.2. The smallest absolute Gasteiger partial charge is 0.262 e. The van der Waals surface area contributed by atoms with E-state index < -0.39 is 10.0 Å². The van der Waals surface area contributed by atoms with Crippen molar-refractivity contribution in [2.24, 2.45) is 0 Å². The van der Waals surface area contributed by atoms with Gasteiger partial charge in [0.05, 0.1) is 6.54 Å². The van der Waals surface area contributed by atoms with Crippen LogP contribution in [0, 0.1) is 0 Å².